The average Bonchev–Trinajstić information content (AvgIpc) is 2.80. The van der Waals surface area contributed by atoms with Crippen LogP contribution in [0.2, 0.25) is 0 Å². The van der Waals surface area contributed by atoms with Gasteiger partial charge in [0.2, 0.25) is 5.91 Å². The van der Waals surface area contributed by atoms with Crippen molar-refractivity contribution in [1.82, 2.24) is 4.90 Å². The molecule has 128 valence electrons. The van der Waals surface area contributed by atoms with Crippen LogP contribution >= 0.6 is 0 Å². The van der Waals surface area contributed by atoms with Gasteiger partial charge in [0, 0.05) is 18.5 Å². The lowest BCUT2D eigenvalue weighted by Gasteiger charge is -2.37. The van der Waals surface area contributed by atoms with Crippen molar-refractivity contribution < 1.29 is 14.7 Å². The Morgan fingerprint density at radius 2 is 1.88 bits per heavy atom. The van der Waals surface area contributed by atoms with E-state index in [9.17, 15) is 14.7 Å². The van der Waals surface area contributed by atoms with E-state index in [2.05, 4.69) is 13.8 Å². The van der Waals surface area contributed by atoms with Crippen molar-refractivity contribution in [1.29, 1.82) is 0 Å². The van der Waals surface area contributed by atoms with Crippen LogP contribution in [0.5, 0.6) is 0 Å². The van der Waals surface area contributed by atoms with Gasteiger partial charge in [0.15, 0.2) is 0 Å². The number of carbonyl (C=O) groups excluding carboxylic acids is 1. The number of nitrogens with zero attached hydrogens (tertiary/aromatic N) is 1. The number of aliphatic carboxylic acids is 1. The Morgan fingerprint density at radius 3 is 2.46 bits per heavy atom. The van der Waals surface area contributed by atoms with E-state index < -0.39 is 11.9 Å². The predicted octanol–water partition coefficient (Wildman–Crippen LogP) is 3.19. The lowest BCUT2D eigenvalue weighted by molar-refractivity contribution is -0.146. The summed E-state index contributed by atoms with van der Waals surface area (Å²) in [4.78, 5) is 26.8. The fourth-order valence-corrected chi connectivity index (χ4v) is 4.49. The van der Waals surface area contributed by atoms with Gasteiger partial charge in [0.1, 0.15) is 0 Å². The van der Waals surface area contributed by atoms with E-state index in [-0.39, 0.29) is 35.6 Å². The lowest BCUT2D eigenvalue weighted by atomic mass is 9.68. The maximum Gasteiger partial charge on any atom is 0.307 e. The topological polar surface area (TPSA) is 57.6 Å². The van der Waals surface area contributed by atoms with E-state index in [0.29, 0.717) is 6.54 Å². The van der Waals surface area contributed by atoms with Crippen molar-refractivity contribution in [3.05, 3.63) is 48.0 Å². The molecule has 4 nitrogen and oxygen atoms in total. The molecule has 1 aliphatic carbocycles. The highest BCUT2D eigenvalue weighted by molar-refractivity contribution is 5.86. The van der Waals surface area contributed by atoms with Crippen LogP contribution in [0.25, 0.3) is 0 Å². The summed E-state index contributed by atoms with van der Waals surface area (Å²) in [5, 5.41) is 9.75. The van der Waals surface area contributed by atoms with Crippen LogP contribution in [0.15, 0.2) is 42.5 Å². The summed E-state index contributed by atoms with van der Waals surface area (Å²) in [5.74, 6) is -1.52. The summed E-state index contributed by atoms with van der Waals surface area (Å²) in [5.41, 5.74) is 1.08. The molecule has 0 radical (unpaired) electrons. The molecule has 1 heterocycles. The number of rotatable bonds is 4. The summed E-state index contributed by atoms with van der Waals surface area (Å²) in [6.07, 6.45) is 3.85. The number of carboxylic acids is 1. The third kappa shape index (κ3) is 2.74. The van der Waals surface area contributed by atoms with Crippen LogP contribution in [0.3, 0.4) is 0 Å². The smallest absolute Gasteiger partial charge is 0.307 e. The molecular formula is C20H25NO3. The van der Waals surface area contributed by atoms with Gasteiger partial charge in [0.25, 0.3) is 0 Å². The van der Waals surface area contributed by atoms with Crippen molar-refractivity contribution >= 4 is 11.9 Å². The number of benzene rings is 1. The normalized spacial score (nSPS) is 32.2. The summed E-state index contributed by atoms with van der Waals surface area (Å²) in [6, 6.07) is 9.88. The maximum atomic E-state index is 13.0. The largest absolute Gasteiger partial charge is 0.481 e. The molecule has 1 amide bonds. The molecule has 2 aliphatic rings. The van der Waals surface area contributed by atoms with Crippen LogP contribution in [-0.2, 0) is 16.1 Å². The van der Waals surface area contributed by atoms with E-state index in [1.54, 1.807) is 0 Å². The van der Waals surface area contributed by atoms with Gasteiger partial charge in [-0.05, 0) is 17.4 Å². The molecule has 0 unspecified atom stereocenters. The molecule has 0 spiro atoms. The van der Waals surface area contributed by atoms with E-state index in [0.717, 1.165) is 5.56 Å². The third-order valence-corrected chi connectivity index (χ3v) is 5.50. The number of carboxylic acid groups (broad SMARTS) is 1. The van der Waals surface area contributed by atoms with Crippen LogP contribution in [-0.4, -0.2) is 27.9 Å². The Morgan fingerprint density at radius 1 is 1.21 bits per heavy atom. The SMILES string of the molecule is CC(C)[C@H]1[C@@H]2[C@@H](C(=O)O)[C@@H](C)C=C[C@H]2C(=O)N1Cc1ccccc1. The molecule has 4 heteroatoms. The van der Waals surface area contributed by atoms with Crippen molar-refractivity contribution in [3.8, 4) is 0 Å². The van der Waals surface area contributed by atoms with Gasteiger partial charge in [0.05, 0.1) is 11.8 Å². The van der Waals surface area contributed by atoms with Crippen LogP contribution in [0.1, 0.15) is 26.3 Å². The number of hydrogen-bond donors (Lipinski definition) is 1. The van der Waals surface area contributed by atoms with E-state index in [1.807, 2.05) is 54.3 Å². The zero-order valence-corrected chi connectivity index (χ0v) is 14.4. The zero-order chi connectivity index (χ0) is 17.4. The maximum absolute atomic E-state index is 13.0. The number of likely N-dealkylation sites (tertiary alicyclic amines) is 1. The molecule has 1 fully saturated rings. The highest BCUT2D eigenvalue weighted by Gasteiger charge is 2.55. The van der Waals surface area contributed by atoms with Gasteiger partial charge in [-0.25, -0.2) is 0 Å². The molecule has 1 saturated heterocycles. The van der Waals surface area contributed by atoms with Crippen LogP contribution in [0.4, 0.5) is 0 Å². The molecular weight excluding hydrogens is 302 g/mol. The zero-order valence-electron chi connectivity index (χ0n) is 14.4. The number of fused-ring (bicyclic) bond motifs is 1. The van der Waals surface area contributed by atoms with Crippen LogP contribution < -0.4 is 0 Å². The number of allylic oxidation sites excluding steroid dienone is 1. The van der Waals surface area contributed by atoms with Gasteiger partial charge in [-0.3, -0.25) is 9.59 Å². The highest BCUT2D eigenvalue weighted by atomic mass is 16.4. The second-order valence-electron chi connectivity index (χ2n) is 7.40. The molecule has 5 atom stereocenters. The number of carbonyl (C=O) groups is 2. The highest BCUT2D eigenvalue weighted by Crippen LogP contribution is 2.46. The molecule has 1 aromatic carbocycles. The quantitative estimate of drug-likeness (QED) is 0.864. The Bertz CT molecular complexity index is 652. The Hall–Kier alpha value is -2.10. The van der Waals surface area contributed by atoms with Crippen molar-refractivity contribution in [3.63, 3.8) is 0 Å². The van der Waals surface area contributed by atoms with Gasteiger partial charge in [-0.2, -0.15) is 0 Å². The Labute approximate surface area is 143 Å². The minimum Gasteiger partial charge on any atom is -0.481 e. The first-order chi connectivity index (χ1) is 11.4. The second kappa shape index (κ2) is 6.42. The monoisotopic (exact) mass is 327 g/mol. The van der Waals surface area contributed by atoms with Gasteiger partial charge < -0.3 is 10.0 Å². The summed E-state index contributed by atoms with van der Waals surface area (Å²) in [7, 11) is 0. The second-order valence-corrected chi connectivity index (χ2v) is 7.40. The van der Waals surface area contributed by atoms with Gasteiger partial charge in [-0.1, -0.05) is 63.3 Å². The average molecular weight is 327 g/mol. The van der Waals surface area contributed by atoms with Crippen LogP contribution in [0, 0.1) is 29.6 Å². The number of hydrogen-bond acceptors (Lipinski definition) is 2. The Kier molecular flexibility index (Phi) is 4.48. The molecule has 1 aliphatic heterocycles. The first-order valence-corrected chi connectivity index (χ1v) is 8.67. The Balaban J connectivity index is 1.98. The molecule has 1 N–H and O–H groups in total. The van der Waals surface area contributed by atoms with Crippen molar-refractivity contribution in [2.45, 2.75) is 33.4 Å². The molecule has 3 rings (SSSR count). The predicted molar refractivity (Wildman–Crippen MR) is 92.0 cm³/mol. The van der Waals surface area contributed by atoms with E-state index in [4.69, 9.17) is 0 Å². The third-order valence-electron chi connectivity index (χ3n) is 5.50. The number of amides is 1. The fourth-order valence-electron chi connectivity index (χ4n) is 4.49. The summed E-state index contributed by atoms with van der Waals surface area (Å²) >= 11 is 0. The summed E-state index contributed by atoms with van der Waals surface area (Å²) < 4.78 is 0. The van der Waals surface area contributed by atoms with E-state index in [1.165, 1.54) is 0 Å². The standard InChI is InChI=1S/C20H25NO3/c1-12(2)18-17-15(10-9-13(3)16(17)20(23)24)19(22)21(18)11-14-7-5-4-6-8-14/h4-10,12-13,15-18H,11H2,1-3H3,(H,23,24)/t13-,15+,16-,17-,18-/m0/s1. The molecule has 0 bridgehead atoms. The minimum atomic E-state index is -0.790. The molecule has 0 saturated carbocycles. The molecule has 1 aromatic rings. The lowest BCUT2D eigenvalue weighted by Crippen LogP contribution is -2.44. The van der Waals surface area contributed by atoms with Crippen molar-refractivity contribution in [2.24, 2.45) is 29.6 Å². The molecule has 0 aromatic heterocycles. The molecule has 24 heavy (non-hydrogen) atoms. The minimum absolute atomic E-state index is 0.0452. The fraction of sp³-hybridized carbons (Fsp3) is 0.500. The first-order valence-electron chi connectivity index (χ1n) is 8.67. The van der Waals surface area contributed by atoms with Gasteiger partial charge >= 0.3 is 5.97 Å². The first kappa shape index (κ1) is 16.7. The summed E-state index contributed by atoms with van der Waals surface area (Å²) in [6.45, 7) is 6.65. The van der Waals surface area contributed by atoms with Gasteiger partial charge in [-0.15, -0.1) is 0 Å². The van der Waals surface area contributed by atoms with Crippen molar-refractivity contribution in [2.75, 3.05) is 0 Å². The van der Waals surface area contributed by atoms with E-state index >= 15 is 0 Å².